The van der Waals surface area contributed by atoms with Crippen LogP contribution in [0.2, 0.25) is 0 Å². The van der Waals surface area contributed by atoms with Crippen LogP contribution in [0.1, 0.15) is 47.3 Å². The minimum Gasteiger partial charge on any atom is -0.465 e. The third-order valence-electron chi connectivity index (χ3n) is 3.69. The zero-order chi connectivity index (χ0) is 12.6. The van der Waals surface area contributed by atoms with Crippen molar-refractivity contribution in [3.63, 3.8) is 0 Å². The van der Waals surface area contributed by atoms with Crippen LogP contribution in [0.4, 0.5) is 0 Å². The van der Waals surface area contributed by atoms with E-state index >= 15 is 0 Å². The van der Waals surface area contributed by atoms with Gasteiger partial charge in [-0.25, -0.2) is 4.79 Å². The number of rotatable bonds is 1. The van der Waals surface area contributed by atoms with Gasteiger partial charge >= 0.3 is 5.97 Å². The van der Waals surface area contributed by atoms with E-state index in [1.807, 2.05) is 6.07 Å². The molecule has 1 heterocycles. The molecule has 1 aromatic rings. The second-order valence-electron chi connectivity index (χ2n) is 5.86. The molecule has 0 radical (unpaired) electrons. The molecular formula is C14H20O2S. The Hall–Kier alpha value is -0.830. The van der Waals surface area contributed by atoms with Gasteiger partial charge in [0.15, 0.2) is 0 Å². The average Bonchev–Trinajstić information content (AvgIpc) is 2.69. The van der Waals surface area contributed by atoms with Gasteiger partial charge in [0.25, 0.3) is 0 Å². The first-order valence-electron chi connectivity index (χ1n) is 6.11. The van der Waals surface area contributed by atoms with Gasteiger partial charge in [0.05, 0.1) is 7.11 Å². The van der Waals surface area contributed by atoms with Crippen molar-refractivity contribution in [1.82, 2.24) is 0 Å². The molecule has 0 saturated heterocycles. The molecular weight excluding hydrogens is 232 g/mol. The van der Waals surface area contributed by atoms with Gasteiger partial charge in [-0.15, -0.1) is 11.3 Å². The van der Waals surface area contributed by atoms with Crippen molar-refractivity contribution in [1.29, 1.82) is 0 Å². The van der Waals surface area contributed by atoms with E-state index < -0.39 is 0 Å². The van der Waals surface area contributed by atoms with Crippen LogP contribution in [0.3, 0.4) is 0 Å². The van der Waals surface area contributed by atoms with Crippen molar-refractivity contribution < 1.29 is 9.53 Å². The molecule has 94 valence electrons. The SMILES string of the molecule is COC(=O)c1cc2c(s1)CC[C@@H](C(C)(C)C)C2. The number of carbonyl (C=O) groups is 1. The number of hydrogen-bond donors (Lipinski definition) is 0. The van der Waals surface area contributed by atoms with Gasteiger partial charge in [0.1, 0.15) is 4.88 Å². The van der Waals surface area contributed by atoms with Crippen molar-refractivity contribution in [3.05, 3.63) is 21.4 Å². The lowest BCUT2D eigenvalue weighted by molar-refractivity contribution is 0.0606. The molecule has 0 N–H and O–H groups in total. The number of methoxy groups -OCH3 is 1. The standard InChI is InChI=1S/C14H20O2S/c1-14(2,3)10-5-6-11-9(7-10)8-12(17-11)13(15)16-4/h8,10H,5-7H2,1-4H3/t10-/m1/s1. The molecule has 0 bridgehead atoms. The first kappa shape index (κ1) is 12.6. The minimum absolute atomic E-state index is 0.197. The Morgan fingerprint density at radius 2 is 2.18 bits per heavy atom. The molecule has 0 aromatic carbocycles. The van der Waals surface area contributed by atoms with Crippen molar-refractivity contribution in [3.8, 4) is 0 Å². The summed E-state index contributed by atoms with van der Waals surface area (Å²) < 4.78 is 4.78. The summed E-state index contributed by atoms with van der Waals surface area (Å²) in [5.74, 6) is 0.520. The molecule has 17 heavy (non-hydrogen) atoms. The van der Waals surface area contributed by atoms with E-state index in [4.69, 9.17) is 4.74 Å². The summed E-state index contributed by atoms with van der Waals surface area (Å²) in [6.45, 7) is 6.91. The molecule has 1 aromatic heterocycles. The fraction of sp³-hybridized carbons (Fsp3) is 0.643. The Bertz CT molecular complexity index is 426. The predicted molar refractivity (Wildman–Crippen MR) is 70.6 cm³/mol. The average molecular weight is 252 g/mol. The van der Waals surface area contributed by atoms with Gasteiger partial charge in [0.2, 0.25) is 0 Å². The maximum absolute atomic E-state index is 11.5. The fourth-order valence-electron chi connectivity index (χ4n) is 2.46. The molecule has 1 aliphatic carbocycles. The van der Waals surface area contributed by atoms with Gasteiger partial charge in [0, 0.05) is 4.88 Å². The van der Waals surface area contributed by atoms with Crippen molar-refractivity contribution >= 4 is 17.3 Å². The largest absolute Gasteiger partial charge is 0.465 e. The lowest BCUT2D eigenvalue weighted by Crippen LogP contribution is -2.26. The van der Waals surface area contributed by atoms with E-state index in [1.165, 1.54) is 24.0 Å². The zero-order valence-corrected chi connectivity index (χ0v) is 11.8. The summed E-state index contributed by atoms with van der Waals surface area (Å²) in [6, 6.07) is 2.03. The zero-order valence-electron chi connectivity index (χ0n) is 11.0. The number of aryl methyl sites for hydroxylation is 1. The molecule has 2 rings (SSSR count). The highest BCUT2D eigenvalue weighted by molar-refractivity contribution is 7.14. The van der Waals surface area contributed by atoms with Gasteiger partial charge in [-0.1, -0.05) is 20.8 Å². The molecule has 0 spiro atoms. The van der Waals surface area contributed by atoms with E-state index in [0.717, 1.165) is 23.6 Å². The van der Waals surface area contributed by atoms with E-state index in [-0.39, 0.29) is 5.97 Å². The van der Waals surface area contributed by atoms with E-state index in [9.17, 15) is 4.79 Å². The maximum Gasteiger partial charge on any atom is 0.348 e. The molecule has 1 aliphatic rings. The number of hydrogen-bond acceptors (Lipinski definition) is 3. The predicted octanol–water partition coefficient (Wildman–Crippen LogP) is 3.69. The van der Waals surface area contributed by atoms with Gasteiger partial charge < -0.3 is 4.74 Å². The van der Waals surface area contributed by atoms with Crippen LogP contribution >= 0.6 is 11.3 Å². The van der Waals surface area contributed by atoms with Crippen LogP contribution in [-0.2, 0) is 17.6 Å². The van der Waals surface area contributed by atoms with Crippen LogP contribution in [0.25, 0.3) is 0 Å². The monoisotopic (exact) mass is 252 g/mol. The molecule has 1 atom stereocenters. The highest BCUT2D eigenvalue weighted by Gasteiger charge is 2.30. The minimum atomic E-state index is -0.197. The van der Waals surface area contributed by atoms with E-state index in [2.05, 4.69) is 20.8 Å². The Labute approximate surface area is 107 Å². The number of thiophene rings is 1. The van der Waals surface area contributed by atoms with Crippen LogP contribution in [0.15, 0.2) is 6.07 Å². The highest BCUT2D eigenvalue weighted by atomic mass is 32.1. The Balaban J connectivity index is 2.21. The number of esters is 1. The van der Waals surface area contributed by atoms with E-state index in [0.29, 0.717) is 5.41 Å². The molecule has 2 nitrogen and oxygen atoms in total. The Morgan fingerprint density at radius 1 is 1.47 bits per heavy atom. The number of fused-ring (bicyclic) bond motifs is 1. The van der Waals surface area contributed by atoms with Gasteiger partial charge in [-0.3, -0.25) is 0 Å². The molecule has 0 saturated carbocycles. The van der Waals surface area contributed by atoms with Crippen LogP contribution in [-0.4, -0.2) is 13.1 Å². The maximum atomic E-state index is 11.5. The quantitative estimate of drug-likeness (QED) is 0.713. The molecule has 3 heteroatoms. The summed E-state index contributed by atoms with van der Waals surface area (Å²) >= 11 is 1.61. The second kappa shape index (κ2) is 4.45. The number of carbonyl (C=O) groups excluding carboxylic acids is 1. The summed E-state index contributed by atoms with van der Waals surface area (Å²) in [5, 5.41) is 0. The third kappa shape index (κ3) is 2.54. The summed E-state index contributed by atoms with van der Waals surface area (Å²) in [6.07, 6.45) is 3.45. The topological polar surface area (TPSA) is 26.3 Å². The smallest absolute Gasteiger partial charge is 0.348 e. The second-order valence-corrected chi connectivity index (χ2v) is 6.99. The van der Waals surface area contributed by atoms with Gasteiger partial charge in [-0.05, 0) is 42.2 Å². The Kier molecular flexibility index (Phi) is 3.30. The molecule has 0 aliphatic heterocycles. The van der Waals surface area contributed by atoms with Crippen LogP contribution < -0.4 is 0 Å². The lowest BCUT2D eigenvalue weighted by atomic mass is 9.72. The summed E-state index contributed by atoms with van der Waals surface area (Å²) in [4.78, 5) is 13.6. The summed E-state index contributed by atoms with van der Waals surface area (Å²) in [7, 11) is 1.44. The highest BCUT2D eigenvalue weighted by Crippen LogP contribution is 2.40. The van der Waals surface area contributed by atoms with Crippen molar-refractivity contribution in [2.75, 3.05) is 7.11 Å². The summed E-state index contributed by atoms with van der Waals surface area (Å²) in [5.41, 5.74) is 1.71. The molecule has 0 fully saturated rings. The number of ether oxygens (including phenoxy) is 1. The fourth-order valence-corrected chi connectivity index (χ4v) is 3.59. The first-order valence-corrected chi connectivity index (χ1v) is 6.93. The normalized spacial score (nSPS) is 19.9. The van der Waals surface area contributed by atoms with E-state index in [1.54, 1.807) is 11.3 Å². The first-order chi connectivity index (χ1) is 7.91. The van der Waals surface area contributed by atoms with Crippen molar-refractivity contribution in [2.45, 2.75) is 40.0 Å². The lowest BCUT2D eigenvalue weighted by Gasteiger charge is -2.33. The van der Waals surface area contributed by atoms with Crippen molar-refractivity contribution in [2.24, 2.45) is 11.3 Å². The van der Waals surface area contributed by atoms with Crippen LogP contribution in [0, 0.1) is 11.3 Å². The third-order valence-corrected chi connectivity index (χ3v) is 4.91. The molecule has 0 unspecified atom stereocenters. The molecule has 0 amide bonds. The van der Waals surface area contributed by atoms with Crippen LogP contribution in [0.5, 0.6) is 0 Å². The van der Waals surface area contributed by atoms with Gasteiger partial charge in [-0.2, -0.15) is 0 Å². The Morgan fingerprint density at radius 3 is 2.76 bits per heavy atom.